The number of likely N-dealkylation sites (tertiary alicyclic amines) is 1. The third kappa shape index (κ3) is 3.36. The van der Waals surface area contributed by atoms with Gasteiger partial charge in [-0.05, 0) is 25.9 Å². The summed E-state index contributed by atoms with van der Waals surface area (Å²) in [6, 6.07) is 0. The lowest BCUT2D eigenvalue weighted by Crippen LogP contribution is -2.36. The molecule has 0 spiro atoms. The molecule has 1 rings (SSSR count). The van der Waals surface area contributed by atoms with Crippen LogP contribution >= 0.6 is 12.6 Å². The maximum Gasteiger partial charge on any atom is 0.235 e. The highest BCUT2D eigenvalue weighted by molar-refractivity contribution is 7.98. The summed E-state index contributed by atoms with van der Waals surface area (Å²) in [4.78, 5) is 12.9. The summed E-state index contributed by atoms with van der Waals surface area (Å²) in [5.74, 6) is 0. The van der Waals surface area contributed by atoms with Crippen LogP contribution in [0.3, 0.4) is 0 Å². The molecule has 1 heterocycles. The molecule has 0 aromatic heterocycles. The molecule has 74 valence electrons. The van der Waals surface area contributed by atoms with E-state index < -0.39 is 5.12 Å². The topological polar surface area (TPSA) is 52.9 Å². The van der Waals surface area contributed by atoms with E-state index in [0.29, 0.717) is 6.54 Å². The van der Waals surface area contributed by atoms with Crippen LogP contribution in [0.5, 0.6) is 0 Å². The van der Waals surface area contributed by atoms with Gasteiger partial charge in [0.25, 0.3) is 0 Å². The smallest absolute Gasteiger partial charge is 0.235 e. The van der Waals surface area contributed by atoms with Crippen LogP contribution in [0.1, 0.15) is 19.3 Å². The summed E-state index contributed by atoms with van der Waals surface area (Å²) in [6.45, 7) is 2.36. The van der Waals surface area contributed by atoms with Crippen LogP contribution in [0.25, 0.3) is 0 Å². The molecular formula is C8H14N2O2S. The highest BCUT2D eigenvalue weighted by atomic mass is 32.1. The molecule has 0 aliphatic carbocycles. The molecule has 5 heteroatoms. The van der Waals surface area contributed by atoms with Gasteiger partial charge in [-0.3, -0.25) is 9.69 Å². The van der Waals surface area contributed by atoms with E-state index >= 15 is 0 Å². The molecule has 1 fully saturated rings. The van der Waals surface area contributed by atoms with Gasteiger partial charge >= 0.3 is 0 Å². The summed E-state index contributed by atoms with van der Waals surface area (Å²) < 4.78 is 0. The standard InChI is InChI=1S/C8H14N2O2S/c11-8(13)7(9-12)6-10-4-2-1-3-5-10/h12H,1-6H2,(H,11,13)/b9-7-. The van der Waals surface area contributed by atoms with Gasteiger partial charge in [-0.25, -0.2) is 0 Å². The van der Waals surface area contributed by atoms with Crippen molar-refractivity contribution in [2.75, 3.05) is 19.6 Å². The molecule has 0 atom stereocenters. The lowest BCUT2D eigenvalue weighted by atomic mass is 10.1. The van der Waals surface area contributed by atoms with E-state index in [1.807, 2.05) is 0 Å². The molecule has 0 unspecified atom stereocenters. The SMILES string of the molecule is O=C(S)/C(CN1CCCCC1)=N\O. The second-order valence-corrected chi connectivity index (χ2v) is 3.59. The lowest BCUT2D eigenvalue weighted by molar-refractivity contribution is -0.105. The van der Waals surface area contributed by atoms with Crippen molar-refractivity contribution >= 4 is 23.5 Å². The minimum absolute atomic E-state index is 0.130. The van der Waals surface area contributed by atoms with Crippen molar-refractivity contribution in [2.24, 2.45) is 5.16 Å². The molecular weight excluding hydrogens is 188 g/mol. The predicted octanol–water partition coefficient (Wildman–Crippen LogP) is 0.759. The van der Waals surface area contributed by atoms with Crippen LogP contribution in [0.15, 0.2) is 5.16 Å². The van der Waals surface area contributed by atoms with Gasteiger partial charge in [0, 0.05) is 6.54 Å². The first kappa shape index (κ1) is 10.5. The molecule has 4 nitrogen and oxygen atoms in total. The third-order valence-corrected chi connectivity index (χ3v) is 2.45. The van der Waals surface area contributed by atoms with E-state index in [9.17, 15) is 4.79 Å². The molecule has 1 saturated heterocycles. The number of hydrogen-bond donors (Lipinski definition) is 2. The van der Waals surface area contributed by atoms with Crippen molar-refractivity contribution in [1.29, 1.82) is 0 Å². The number of carbonyl (C=O) groups excluding carboxylic acids is 1. The number of hydrogen-bond acceptors (Lipinski definition) is 4. The van der Waals surface area contributed by atoms with Gasteiger partial charge in [-0.1, -0.05) is 24.2 Å². The Bertz CT molecular complexity index is 212. The van der Waals surface area contributed by atoms with Crippen molar-refractivity contribution in [1.82, 2.24) is 4.90 Å². The Labute approximate surface area is 83.0 Å². The quantitative estimate of drug-likeness (QED) is 0.307. The molecule has 1 aliphatic rings. The molecule has 0 saturated carbocycles. The average Bonchev–Trinajstić information content (AvgIpc) is 2.15. The number of carbonyl (C=O) groups is 1. The molecule has 0 radical (unpaired) electrons. The number of piperidine rings is 1. The fourth-order valence-electron chi connectivity index (χ4n) is 1.47. The Kier molecular flexibility index (Phi) is 4.24. The number of nitrogens with zero attached hydrogens (tertiary/aromatic N) is 2. The van der Waals surface area contributed by atoms with E-state index in [1.54, 1.807) is 0 Å². The molecule has 1 N–H and O–H groups in total. The van der Waals surface area contributed by atoms with E-state index in [0.717, 1.165) is 25.9 Å². The van der Waals surface area contributed by atoms with Gasteiger partial charge in [0.1, 0.15) is 5.71 Å². The van der Waals surface area contributed by atoms with Gasteiger partial charge in [0.15, 0.2) is 0 Å². The van der Waals surface area contributed by atoms with E-state index in [4.69, 9.17) is 5.21 Å². The lowest BCUT2D eigenvalue weighted by Gasteiger charge is -2.25. The summed E-state index contributed by atoms with van der Waals surface area (Å²) in [7, 11) is 0. The normalized spacial score (nSPS) is 20.2. The van der Waals surface area contributed by atoms with E-state index in [-0.39, 0.29) is 5.71 Å². The van der Waals surface area contributed by atoms with E-state index in [2.05, 4.69) is 22.7 Å². The van der Waals surface area contributed by atoms with E-state index in [1.165, 1.54) is 6.42 Å². The molecule has 0 aromatic carbocycles. The van der Waals surface area contributed by atoms with Crippen LogP contribution in [0.2, 0.25) is 0 Å². The van der Waals surface area contributed by atoms with Crippen molar-refractivity contribution in [3.05, 3.63) is 0 Å². The number of rotatable bonds is 3. The van der Waals surface area contributed by atoms with Gasteiger partial charge in [-0.2, -0.15) is 0 Å². The Morgan fingerprint density at radius 1 is 1.38 bits per heavy atom. The monoisotopic (exact) mass is 202 g/mol. The van der Waals surface area contributed by atoms with Gasteiger partial charge in [-0.15, -0.1) is 0 Å². The highest BCUT2D eigenvalue weighted by Crippen LogP contribution is 2.08. The van der Waals surface area contributed by atoms with Crippen molar-refractivity contribution in [3.63, 3.8) is 0 Å². The number of oxime groups is 1. The van der Waals surface area contributed by atoms with Crippen molar-refractivity contribution < 1.29 is 10.0 Å². The van der Waals surface area contributed by atoms with Gasteiger partial charge < -0.3 is 5.21 Å². The number of thiol groups is 1. The summed E-state index contributed by atoms with van der Waals surface area (Å²) in [5.41, 5.74) is 0.130. The second kappa shape index (κ2) is 5.24. The zero-order valence-corrected chi connectivity index (χ0v) is 8.33. The van der Waals surface area contributed by atoms with Gasteiger partial charge in [0.2, 0.25) is 5.12 Å². The zero-order valence-electron chi connectivity index (χ0n) is 7.44. The first-order valence-electron chi connectivity index (χ1n) is 4.40. The average molecular weight is 202 g/mol. The third-order valence-electron chi connectivity index (χ3n) is 2.19. The maximum atomic E-state index is 10.8. The first-order chi connectivity index (χ1) is 6.24. The Hall–Kier alpha value is -0.550. The maximum absolute atomic E-state index is 10.8. The van der Waals surface area contributed by atoms with Crippen LogP contribution < -0.4 is 0 Å². The second-order valence-electron chi connectivity index (χ2n) is 3.19. The predicted molar refractivity (Wildman–Crippen MR) is 53.5 cm³/mol. The van der Waals surface area contributed by atoms with Crippen LogP contribution in [-0.2, 0) is 4.79 Å². The summed E-state index contributed by atoms with van der Waals surface area (Å²) in [6.07, 6.45) is 3.55. The first-order valence-corrected chi connectivity index (χ1v) is 4.85. The highest BCUT2D eigenvalue weighted by Gasteiger charge is 2.15. The van der Waals surface area contributed by atoms with Crippen molar-refractivity contribution in [2.45, 2.75) is 19.3 Å². The minimum Gasteiger partial charge on any atom is -0.410 e. The molecule has 0 amide bonds. The fraction of sp³-hybridized carbons (Fsp3) is 0.750. The molecule has 1 aliphatic heterocycles. The summed E-state index contributed by atoms with van der Waals surface area (Å²) >= 11 is 3.62. The molecule has 0 bridgehead atoms. The molecule has 0 aromatic rings. The summed E-state index contributed by atoms with van der Waals surface area (Å²) in [5, 5.41) is 11.0. The van der Waals surface area contributed by atoms with Crippen LogP contribution in [0, 0.1) is 0 Å². The minimum atomic E-state index is -0.451. The van der Waals surface area contributed by atoms with Crippen molar-refractivity contribution in [3.8, 4) is 0 Å². The Morgan fingerprint density at radius 2 is 2.00 bits per heavy atom. The largest absolute Gasteiger partial charge is 0.410 e. The Morgan fingerprint density at radius 3 is 2.46 bits per heavy atom. The van der Waals surface area contributed by atoms with Crippen LogP contribution in [-0.4, -0.2) is 40.6 Å². The van der Waals surface area contributed by atoms with Crippen LogP contribution in [0.4, 0.5) is 0 Å². The Balaban J connectivity index is 2.41. The fourth-order valence-corrected chi connectivity index (χ4v) is 1.59. The van der Waals surface area contributed by atoms with Gasteiger partial charge in [0.05, 0.1) is 0 Å². The molecule has 13 heavy (non-hydrogen) atoms. The zero-order chi connectivity index (χ0) is 9.68.